The maximum atomic E-state index is 12.6. The van der Waals surface area contributed by atoms with Crippen LogP contribution < -0.4 is 5.32 Å². The normalized spacial score (nSPS) is 13.4. The molecule has 0 spiro atoms. The quantitative estimate of drug-likeness (QED) is 0.853. The Morgan fingerprint density at radius 3 is 2.43 bits per heavy atom. The van der Waals surface area contributed by atoms with Crippen LogP contribution in [0.15, 0.2) is 47.4 Å². The fraction of sp³-hybridized carbons (Fsp3) is 0.412. The first-order valence-corrected chi connectivity index (χ1v) is 9.17. The number of rotatable bonds is 7. The molecule has 0 fully saturated rings. The molecule has 0 aliphatic rings. The van der Waals surface area contributed by atoms with Crippen molar-refractivity contribution in [2.75, 3.05) is 12.3 Å². The Hall–Kier alpha value is -1.39. The van der Waals surface area contributed by atoms with E-state index in [2.05, 4.69) is 12.2 Å². The maximum absolute atomic E-state index is 12.6. The number of sulfone groups is 1. The third kappa shape index (κ3) is 4.05. The first kappa shape index (κ1) is 16.0. The Kier molecular flexibility index (Phi) is 5.37. The lowest BCUT2D eigenvalue weighted by Gasteiger charge is -2.17. The zero-order chi connectivity index (χ0) is 15.3. The minimum Gasteiger partial charge on any atom is -0.313 e. The van der Waals surface area contributed by atoms with Gasteiger partial charge in [-0.3, -0.25) is 0 Å². The van der Waals surface area contributed by atoms with Crippen molar-refractivity contribution in [2.24, 2.45) is 0 Å². The van der Waals surface area contributed by atoms with Gasteiger partial charge in [0, 0.05) is 6.04 Å². The van der Waals surface area contributed by atoms with E-state index >= 15 is 0 Å². The van der Waals surface area contributed by atoms with E-state index in [4.69, 9.17) is 0 Å². The van der Waals surface area contributed by atoms with Crippen molar-refractivity contribution in [1.82, 2.24) is 5.32 Å². The minimum absolute atomic E-state index is 0.0245. The lowest BCUT2D eigenvalue weighted by Crippen LogP contribution is -2.35. The molecule has 0 aliphatic carbocycles. The SMILES string of the molecule is CCCC(CS(=O)(=O)c1ccc2ccccc2c1)NCC. The van der Waals surface area contributed by atoms with E-state index in [1.807, 2.05) is 37.3 Å². The topological polar surface area (TPSA) is 46.2 Å². The van der Waals surface area contributed by atoms with Crippen LogP contribution in [-0.2, 0) is 9.84 Å². The molecule has 2 aromatic carbocycles. The van der Waals surface area contributed by atoms with Crippen LogP contribution in [0.1, 0.15) is 26.7 Å². The van der Waals surface area contributed by atoms with E-state index in [1.54, 1.807) is 12.1 Å². The Labute approximate surface area is 127 Å². The molecule has 21 heavy (non-hydrogen) atoms. The molecule has 0 saturated carbocycles. The Morgan fingerprint density at radius 2 is 1.76 bits per heavy atom. The van der Waals surface area contributed by atoms with Gasteiger partial charge in [-0.25, -0.2) is 8.42 Å². The summed E-state index contributed by atoms with van der Waals surface area (Å²) in [6.07, 6.45) is 1.85. The van der Waals surface area contributed by atoms with Crippen molar-refractivity contribution >= 4 is 20.6 Å². The van der Waals surface area contributed by atoms with Crippen LogP contribution in [0.2, 0.25) is 0 Å². The molecular weight excluding hydrogens is 282 g/mol. The fourth-order valence-corrected chi connectivity index (χ4v) is 4.19. The average Bonchev–Trinajstić information content (AvgIpc) is 2.47. The monoisotopic (exact) mass is 305 g/mol. The zero-order valence-corrected chi connectivity index (χ0v) is 13.5. The van der Waals surface area contributed by atoms with Gasteiger partial charge in [0.05, 0.1) is 10.6 Å². The van der Waals surface area contributed by atoms with Gasteiger partial charge in [-0.2, -0.15) is 0 Å². The third-order valence-corrected chi connectivity index (χ3v) is 5.44. The second kappa shape index (κ2) is 7.05. The van der Waals surface area contributed by atoms with E-state index in [-0.39, 0.29) is 11.8 Å². The molecule has 2 rings (SSSR count). The lowest BCUT2D eigenvalue weighted by atomic mass is 10.1. The summed E-state index contributed by atoms with van der Waals surface area (Å²) in [5.74, 6) is 0.160. The number of hydrogen-bond acceptors (Lipinski definition) is 3. The van der Waals surface area contributed by atoms with Crippen LogP contribution in [0.3, 0.4) is 0 Å². The standard InChI is InChI=1S/C17H23NO2S/c1-3-7-16(18-4-2)13-21(19,20)17-11-10-14-8-5-6-9-15(14)12-17/h5-6,8-12,16,18H,3-4,7,13H2,1-2H3. The van der Waals surface area contributed by atoms with Crippen LogP contribution in [-0.4, -0.2) is 26.8 Å². The molecule has 0 amide bonds. The molecule has 0 radical (unpaired) electrons. The van der Waals surface area contributed by atoms with Gasteiger partial charge in [-0.1, -0.05) is 50.6 Å². The highest BCUT2D eigenvalue weighted by atomic mass is 32.2. The lowest BCUT2D eigenvalue weighted by molar-refractivity contribution is 0.513. The van der Waals surface area contributed by atoms with Gasteiger partial charge in [0.1, 0.15) is 0 Å². The molecule has 0 heterocycles. The molecule has 1 N–H and O–H groups in total. The summed E-state index contributed by atoms with van der Waals surface area (Å²) >= 11 is 0. The van der Waals surface area contributed by atoms with Crippen molar-refractivity contribution < 1.29 is 8.42 Å². The van der Waals surface area contributed by atoms with Crippen molar-refractivity contribution in [3.05, 3.63) is 42.5 Å². The van der Waals surface area contributed by atoms with Crippen molar-refractivity contribution in [2.45, 2.75) is 37.6 Å². The predicted octanol–water partition coefficient (Wildman–Crippen LogP) is 3.39. The van der Waals surface area contributed by atoms with Crippen LogP contribution in [0.25, 0.3) is 10.8 Å². The number of nitrogens with one attached hydrogen (secondary N) is 1. The Bertz CT molecular complexity index is 689. The number of benzene rings is 2. The fourth-order valence-electron chi connectivity index (χ4n) is 2.60. The largest absolute Gasteiger partial charge is 0.313 e. The van der Waals surface area contributed by atoms with Gasteiger partial charge in [0.25, 0.3) is 0 Å². The van der Waals surface area contributed by atoms with E-state index in [9.17, 15) is 8.42 Å². The van der Waals surface area contributed by atoms with Crippen LogP contribution in [0.5, 0.6) is 0 Å². The summed E-state index contributed by atoms with van der Waals surface area (Å²) in [6, 6.07) is 13.2. The highest BCUT2D eigenvalue weighted by Gasteiger charge is 2.20. The smallest absolute Gasteiger partial charge is 0.179 e. The summed E-state index contributed by atoms with van der Waals surface area (Å²) in [5.41, 5.74) is 0. The summed E-state index contributed by atoms with van der Waals surface area (Å²) in [4.78, 5) is 0.417. The molecule has 0 saturated heterocycles. The van der Waals surface area contributed by atoms with Crippen LogP contribution in [0, 0.1) is 0 Å². The van der Waals surface area contributed by atoms with Crippen LogP contribution >= 0.6 is 0 Å². The van der Waals surface area contributed by atoms with E-state index < -0.39 is 9.84 Å². The zero-order valence-electron chi connectivity index (χ0n) is 12.7. The minimum atomic E-state index is -3.26. The molecular formula is C17H23NO2S. The highest BCUT2D eigenvalue weighted by Crippen LogP contribution is 2.20. The molecule has 1 atom stereocenters. The molecule has 0 aliphatic heterocycles. The van der Waals surface area contributed by atoms with Gasteiger partial charge in [-0.15, -0.1) is 0 Å². The van der Waals surface area contributed by atoms with Gasteiger partial charge in [-0.05, 0) is 35.9 Å². The van der Waals surface area contributed by atoms with Crippen molar-refractivity contribution in [3.8, 4) is 0 Å². The number of fused-ring (bicyclic) bond motifs is 1. The Balaban J connectivity index is 2.27. The van der Waals surface area contributed by atoms with E-state index in [0.29, 0.717) is 4.90 Å². The van der Waals surface area contributed by atoms with Crippen molar-refractivity contribution in [1.29, 1.82) is 0 Å². The molecule has 4 heteroatoms. The van der Waals surface area contributed by atoms with Gasteiger partial charge < -0.3 is 5.32 Å². The molecule has 0 bridgehead atoms. The maximum Gasteiger partial charge on any atom is 0.179 e. The van der Waals surface area contributed by atoms with Crippen molar-refractivity contribution in [3.63, 3.8) is 0 Å². The second-order valence-corrected chi connectivity index (χ2v) is 7.37. The first-order chi connectivity index (χ1) is 10.1. The highest BCUT2D eigenvalue weighted by molar-refractivity contribution is 7.91. The molecule has 1 unspecified atom stereocenters. The molecule has 0 aromatic heterocycles. The molecule has 3 nitrogen and oxygen atoms in total. The van der Waals surface area contributed by atoms with E-state index in [1.165, 1.54) is 0 Å². The predicted molar refractivity (Wildman–Crippen MR) is 88.4 cm³/mol. The first-order valence-electron chi connectivity index (χ1n) is 7.51. The summed E-state index contributed by atoms with van der Waals surface area (Å²) < 4.78 is 25.2. The summed E-state index contributed by atoms with van der Waals surface area (Å²) in [7, 11) is -3.26. The number of hydrogen-bond donors (Lipinski definition) is 1. The third-order valence-electron chi connectivity index (χ3n) is 3.63. The second-order valence-electron chi connectivity index (χ2n) is 5.33. The summed E-state index contributed by atoms with van der Waals surface area (Å²) in [6.45, 7) is 4.87. The van der Waals surface area contributed by atoms with Gasteiger partial charge in [0.2, 0.25) is 0 Å². The molecule has 2 aromatic rings. The Morgan fingerprint density at radius 1 is 1.05 bits per heavy atom. The van der Waals surface area contributed by atoms with E-state index in [0.717, 1.165) is 30.2 Å². The van der Waals surface area contributed by atoms with Gasteiger partial charge >= 0.3 is 0 Å². The van der Waals surface area contributed by atoms with Crippen LogP contribution in [0.4, 0.5) is 0 Å². The van der Waals surface area contributed by atoms with Gasteiger partial charge in [0.15, 0.2) is 9.84 Å². The average molecular weight is 305 g/mol. The molecule has 114 valence electrons. The summed E-state index contributed by atoms with van der Waals surface area (Å²) in [5, 5.41) is 5.30.